The molecule has 0 saturated heterocycles. The Labute approximate surface area is 122 Å². The lowest BCUT2D eigenvalue weighted by molar-refractivity contribution is 0.493. The maximum atomic E-state index is 13.3. The topological polar surface area (TPSA) is 58.2 Å². The van der Waals surface area contributed by atoms with Gasteiger partial charge >= 0.3 is 0 Å². The van der Waals surface area contributed by atoms with Crippen LogP contribution in [0.25, 0.3) is 0 Å². The van der Waals surface area contributed by atoms with E-state index in [4.69, 9.17) is 0 Å². The number of sulfonamides is 1. The van der Waals surface area contributed by atoms with Gasteiger partial charge in [-0.2, -0.15) is 0 Å². The van der Waals surface area contributed by atoms with Crippen molar-refractivity contribution in [2.24, 2.45) is 0 Å². The first kappa shape index (κ1) is 19.2. The molecule has 0 amide bonds. The second kappa shape index (κ2) is 8.46. The summed E-state index contributed by atoms with van der Waals surface area (Å²) in [7, 11) is -4.33. The number of benzene rings is 1. The molecule has 0 aliphatic carbocycles. The van der Waals surface area contributed by atoms with Gasteiger partial charge in [0.25, 0.3) is 0 Å². The van der Waals surface area contributed by atoms with Crippen LogP contribution in [0.2, 0.25) is 0 Å². The fourth-order valence-electron chi connectivity index (χ4n) is 1.43. The van der Waals surface area contributed by atoms with Crippen molar-refractivity contribution in [1.82, 2.24) is 10.0 Å². The normalized spacial score (nSPS) is 11.2. The van der Waals surface area contributed by atoms with E-state index in [-0.39, 0.29) is 19.0 Å². The van der Waals surface area contributed by atoms with Crippen molar-refractivity contribution < 1.29 is 21.6 Å². The first-order valence-electron chi connectivity index (χ1n) is 5.73. The van der Waals surface area contributed by atoms with Crippen molar-refractivity contribution in [3.8, 4) is 0 Å². The fraction of sp³-hybridized carbons (Fsp3) is 0.455. The molecule has 0 saturated carbocycles. The Morgan fingerprint density at radius 1 is 1.05 bits per heavy atom. The number of nitrogens with one attached hydrogen (secondary N) is 2. The van der Waals surface area contributed by atoms with Crippen molar-refractivity contribution in [1.29, 1.82) is 0 Å². The summed E-state index contributed by atoms with van der Waals surface area (Å²) in [4.78, 5) is -1.16. The first-order chi connectivity index (χ1) is 8.88. The van der Waals surface area contributed by atoms with Crippen LogP contribution in [0.1, 0.15) is 13.3 Å². The van der Waals surface area contributed by atoms with Gasteiger partial charge in [0.05, 0.1) is 0 Å². The van der Waals surface area contributed by atoms with Gasteiger partial charge in [-0.25, -0.2) is 26.3 Å². The van der Waals surface area contributed by atoms with E-state index < -0.39 is 32.4 Å². The Morgan fingerprint density at radius 2 is 1.60 bits per heavy atom. The van der Waals surface area contributed by atoms with Crippen LogP contribution in [-0.4, -0.2) is 28.1 Å². The largest absolute Gasteiger partial charge is 0.315 e. The number of hydrogen-bond donors (Lipinski definition) is 2. The second-order valence-electron chi connectivity index (χ2n) is 3.85. The molecule has 20 heavy (non-hydrogen) atoms. The first-order valence-corrected chi connectivity index (χ1v) is 7.21. The Morgan fingerprint density at radius 3 is 2.10 bits per heavy atom. The third-order valence-electron chi connectivity index (χ3n) is 2.25. The lowest BCUT2D eigenvalue weighted by Crippen LogP contribution is -2.33. The fourth-order valence-corrected chi connectivity index (χ4v) is 2.58. The van der Waals surface area contributed by atoms with E-state index in [0.29, 0.717) is 25.2 Å². The Balaban J connectivity index is 0.00000361. The zero-order chi connectivity index (χ0) is 14.5. The molecule has 0 atom stereocenters. The monoisotopic (exact) mass is 332 g/mol. The Bertz CT molecular complexity index is 517. The maximum absolute atomic E-state index is 13.3. The Hall–Kier alpha value is -0.830. The summed E-state index contributed by atoms with van der Waals surface area (Å²) in [5.74, 6) is -4.07. The lowest BCUT2D eigenvalue weighted by Gasteiger charge is -2.09. The standard InChI is InChI=1S/C11H15F3N2O2S.ClH/c1-2-3-15-4-5-16-19(17,18)11-9(13)6-8(12)7-10(11)14;/h6-7,15-16H,2-5H2,1H3;1H. The van der Waals surface area contributed by atoms with Gasteiger partial charge in [0.1, 0.15) is 17.5 Å². The molecule has 0 aliphatic rings. The molecule has 1 rings (SSSR count). The zero-order valence-electron chi connectivity index (χ0n) is 10.8. The predicted octanol–water partition coefficient (Wildman–Crippen LogP) is 1.80. The van der Waals surface area contributed by atoms with E-state index in [0.717, 1.165) is 6.42 Å². The van der Waals surface area contributed by atoms with Crippen molar-refractivity contribution in [2.75, 3.05) is 19.6 Å². The predicted molar refractivity (Wildman–Crippen MR) is 71.9 cm³/mol. The van der Waals surface area contributed by atoms with Gasteiger partial charge in [-0.1, -0.05) is 6.92 Å². The van der Waals surface area contributed by atoms with Gasteiger partial charge < -0.3 is 5.32 Å². The number of halogens is 4. The van der Waals surface area contributed by atoms with E-state index in [1.165, 1.54) is 0 Å². The lowest BCUT2D eigenvalue weighted by atomic mass is 10.3. The van der Waals surface area contributed by atoms with E-state index >= 15 is 0 Å². The maximum Gasteiger partial charge on any atom is 0.246 e. The summed E-state index contributed by atoms with van der Waals surface area (Å²) in [6, 6.07) is 0.653. The zero-order valence-corrected chi connectivity index (χ0v) is 12.4. The molecule has 0 aliphatic heterocycles. The van der Waals surface area contributed by atoms with E-state index in [1.807, 2.05) is 11.6 Å². The summed E-state index contributed by atoms with van der Waals surface area (Å²) < 4.78 is 64.7. The molecule has 116 valence electrons. The van der Waals surface area contributed by atoms with Crippen LogP contribution in [-0.2, 0) is 10.0 Å². The molecule has 0 fully saturated rings. The van der Waals surface area contributed by atoms with Gasteiger partial charge in [-0.05, 0) is 13.0 Å². The third-order valence-corrected chi connectivity index (χ3v) is 3.76. The summed E-state index contributed by atoms with van der Waals surface area (Å²) in [6.07, 6.45) is 0.883. The minimum atomic E-state index is -4.33. The average molecular weight is 333 g/mol. The highest BCUT2D eigenvalue weighted by Gasteiger charge is 2.24. The van der Waals surface area contributed by atoms with Gasteiger partial charge in [-0.15, -0.1) is 12.4 Å². The third kappa shape index (κ3) is 5.28. The van der Waals surface area contributed by atoms with Crippen LogP contribution in [0.4, 0.5) is 13.2 Å². The van der Waals surface area contributed by atoms with E-state index in [2.05, 4.69) is 5.32 Å². The smallest absolute Gasteiger partial charge is 0.246 e. The van der Waals surface area contributed by atoms with Gasteiger partial charge in [0.2, 0.25) is 10.0 Å². The SMILES string of the molecule is CCCNCCNS(=O)(=O)c1c(F)cc(F)cc1F.Cl. The molecular weight excluding hydrogens is 317 g/mol. The molecule has 9 heteroatoms. The van der Waals surface area contributed by atoms with Crippen molar-refractivity contribution in [3.63, 3.8) is 0 Å². The molecule has 1 aromatic rings. The molecule has 0 radical (unpaired) electrons. The summed E-state index contributed by atoms with van der Waals surface area (Å²) in [6.45, 7) is 2.97. The van der Waals surface area contributed by atoms with Crippen LogP contribution in [0.5, 0.6) is 0 Å². The van der Waals surface area contributed by atoms with Crippen LogP contribution >= 0.6 is 12.4 Å². The molecule has 4 nitrogen and oxygen atoms in total. The average Bonchev–Trinajstić information content (AvgIpc) is 2.26. The van der Waals surface area contributed by atoms with Crippen LogP contribution in [0, 0.1) is 17.5 Å². The quantitative estimate of drug-likeness (QED) is 0.749. The molecule has 0 spiro atoms. The van der Waals surface area contributed by atoms with Gasteiger partial charge in [0.15, 0.2) is 4.90 Å². The second-order valence-corrected chi connectivity index (χ2v) is 5.55. The molecule has 1 aromatic carbocycles. The highest BCUT2D eigenvalue weighted by molar-refractivity contribution is 7.89. The van der Waals surface area contributed by atoms with E-state index in [1.54, 1.807) is 0 Å². The number of hydrogen-bond acceptors (Lipinski definition) is 3. The molecule has 2 N–H and O–H groups in total. The van der Waals surface area contributed by atoms with E-state index in [9.17, 15) is 21.6 Å². The highest BCUT2D eigenvalue weighted by atomic mass is 35.5. The molecule has 0 heterocycles. The highest BCUT2D eigenvalue weighted by Crippen LogP contribution is 2.19. The van der Waals surface area contributed by atoms with Crippen LogP contribution in [0.3, 0.4) is 0 Å². The minimum Gasteiger partial charge on any atom is -0.315 e. The van der Waals surface area contributed by atoms with Gasteiger partial charge in [-0.3, -0.25) is 0 Å². The van der Waals surface area contributed by atoms with Crippen molar-refractivity contribution >= 4 is 22.4 Å². The van der Waals surface area contributed by atoms with Crippen molar-refractivity contribution in [2.45, 2.75) is 18.2 Å². The number of rotatable bonds is 7. The van der Waals surface area contributed by atoms with Gasteiger partial charge in [0, 0.05) is 25.2 Å². The molecule has 0 aromatic heterocycles. The summed E-state index contributed by atoms with van der Waals surface area (Å²) in [5, 5.41) is 2.92. The molecular formula is C11H16ClF3N2O2S. The minimum absolute atomic E-state index is 0. The molecule has 0 unspecified atom stereocenters. The van der Waals surface area contributed by atoms with Crippen LogP contribution < -0.4 is 10.0 Å². The summed E-state index contributed by atoms with van der Waals surface area (Å²) >= 11 is 0. The molecule has 0 bridgehead atoms. The van der Waals surface area contributed by atoms with Crippen LogP contribution in [0.15, 0.2) is 17.0 Å². The Kier molecular flexibility index (Phi) is 8.10. The summed E-state index contributed by atoms with van der Waals surface area (Å²) in [5.41, 5.74) is 0. The van der Waals surface area contributed by atoms with Crippen molar-refractivity contribution in [3.05, 3.63) is 29.6 Å².